The van der Waals surface area contributed by atoms with E-state index < -0.39 is 0 Å². The van der Waals surface area contributed by atoms with Gasteiger partial charge in [0.1, 0.15) is 0 Å². The van der Waals surface area contributed by atoms with Gasteiger partial charge in [0, 0.05) is 23.1 Å². The molecule has 0 atom stereocenters. The number of halogens is 2. The minimum atomic E-state index is 0.739. The van der Waals surface area contributed by atoms with E-state index >= 15 is 0 Å². The van der Waals surface area contributed by atoms with Gasteiger partial charge in [0.05, 0.1) is 0 Å². The van der Waals surface area contributed by atoms with Gasteiger partial charge < -0.3 is 9.80 Å². The molecule has 0 aromatic heterocycles. The lowest BCUT2D eigenvalue weighted by Crippen LogP contribution is -2.29. The molecular formula is C24H30Cl2N2. The van der Waals surface area contributed by atoms with Crippen LogP contribution in [0, 0.1) is 0 Å². The van der Waals surface area contributed by atoms with E-state index in [1.54, 1.807) is 0 Å². The fraction of sp³-hybridized carbons (Fsp3) is 0.417. The molecule has 150 valence electrons. The molecule has 0 radical (unpaired) electrons. The van der Waals surface area contributed by atoms with Crippen LogP contribution in [0.25, 0.3) is 5.57 Å². The van der Waals surface area contributed by atoms with Gasteiger partial charge in [-0.25, -0.2) is 0 Å². The lowest BCUT2D eigenvalue weighted by Gasteiger charge is -2.29. The van der Waals surface area contributed by atoms with Crippen molar-refractivity contribution in [3.05, 3.63) is 75.8 Å². The third-order valence-corrected chi connectivity index (χ3v) is 6.19. The number of likely N-dealkylation sites (tertiary alicyclic amines) is 1. The highest BCUT2D eigenvalue weighted by molar-refractivity contribution is 6.30. The zero-order chi connectivity index (χ0) is 19.9. The molecule has 2 aromatic carbocycles. The molecule has 0 bridgehead atoms. The monoisotopic (exact) mass is 416 g/mol. The van der Waals surface area contributed by atoms with Crippen molar-refractivity contribution in [2.45, 2.75) is 25.2 Å². The van der Waals surface area contributed by atoms with Gasteiger partial charge in [-0.2, -0.15) is 0 Å². The second-order valence-corrected chi connectivity index (χ2v) is 8.75. The molecule has 0 unspecified atom stereocenters. The van der Waals surface area contributed by atoms with Crippen molar-refractivity contribution in [3.8, 4) is 0 Å². The smallest absolute Gasteiger partial charge is 0.0406 e. The molecule has 2 heterocycles. The fourth-order valence-corrected chi connectivity index (χ4v) is 4.03. The second-order valence-electron chi connectivity index (χ2n) is 7.88. The van der Waals surface area contributed by atoms with E-state index in [0.717, 1.165) is 35.5 Å². The summed E-state index contributed by atoms with van der Waals surface area (Å²) in [5.74, 6) is 0.739. The highest BCUT2D eigenvalue weighted by Gasteiger charge is 2.17. The van der Waals surface area contributed by atoms with E-state index in [9.17, 15) is 0 Å². The van der Waals surface area contributed by atoms with E-state index in [0.29, 0.717) is 0 Å². The summed E-state index contributed by atoms with van der Waals surface area (Å²) < 4.78 is 0. The largest absolute Gasteiger partial charge is 0.306 e. The van der Waals surface area contributed by atoms with Crippen molar-refractivity contribution in [1.82, 2.24) is 9.80 Å². The summed E-state index contributed by atoms with van der Waals surface area (Å²) >= 11 is 11.7. The molecule has 2 aliphatic heterocycles. The average Bonchev–Trinajstić information content (AvgIpc) is 2.71. The summed E-state index contributed by atoms with van der Waals surface area (Å²) in [5.41, 5.74) is 4.20. The molecule has 1 saturated heterocycles. The van der Waals surface area contributed by atoms with E-state index in [4.69, 9.17) is 23.2 Å². The maximum Gasteiger partial charge on any atom is 0.0406 e. The molecular weight excluding hydrogens is 387 g/mol. The second kappa shape index (κ2) is 10.5. The number of nitrogens with zero attached hydrogens (tertiary/aromatic N) is 2. The summed E-state index contributed by atoms with van der Waals surface area (Å²) in [5, 5.41) is 1.64. The first-order valence-corrected chi connectivity index (χ1v) is 10.8. The molecule has 4 rings (SSSR count). The minimum Gasteiger partial charge on any atom is -0.306 e. The van der Waals surface area contributed by atoms with Gasteiger partial charge in [-0.1, -0.05) is 53.5 Å². The number of benzene rings is 2. The van der Waals surface area contributed by atoms with Crippen LogP contribution in [0.15, 0.2) is 54.6 Å². The Morgan fingerprint density at radius 3 is 1.86 bits per heavy atom. The maximum atomic E-state index is 5.87. The third kappa shape index (κ3) is 6.35. The summed E-state index contributed by atoms with van der Waals surface area (Å²) in [7, 11) is 4.34. The van der Waals surface area contributed by atoms with Crippen molar-refractivity contribution in [2.24, 2.45) is 0 Å². The topological polar surface area (TPSA) is 6.48 Å². The van der Waals surface area contributed by atoms with Crippen molar-refractivity contribution >= 4 is 28.8 Å². The lowest BCUT2D eigenvalue weighted by atomic mass is 9.90. The predicted octanol–water partition coefficient (Wildman–Crippen LogP) is 6.21. The standard InChI is InChI=1S/C12H16ClN.C12H14ClN/c2*1-14-8-6-11(7-9-14)10-2-4-12(13)5-3-10/h2-5,11H,6-9H2,1H3;2-6H,7-9H2,1H3. The Morgan fingerprint density at radius 1 is 0.750 bits per heavy atom. The maximum absolute atomic E-state index is 5.87. The van der Waals surface area contributed by atoms with Crippen LogP contribution >= 0.6 is 23.2 Å². The van der Waals surface area contributed by atoms with Gasteiger partial charge in [0.25, 0.3) is 0 Å². The van der Waals surface area contributed by atoms with Crippen LogP contribution in [-0.4, -0.2) is 50.1 Å². The Hall–Kier alpha value is -1.32. The molecule has 1 fully saturated rings. The van der Waals surface area contributed by atoms with Crippen LogP contribution in [0.3, 0.4) is 0 Å². The first kappa shape index (κ1) is 21.4. The van der Waals surface area contributed by atoms with E-state index in [-0.39, 0.29) is 0 Å². The van der Waals surface area contributed by atoms with Crippen LogP contribution in [0.1, 0.15) is 36.3 Å². The highest BCUT2D eigenvalue weighted by Crippen LogP contribution is 2.28. The van der Waals surface area contributed by atoms with Crippen LogP contribution in [-0.2, 0) is 0 Å². The number of piperidine rings is 1. The van der Waals surface area contributed by atoms with E-state index in [1.165, 1.54) is 42.6 Å². The van der Waals surface area contributed by atoms with Crippen molar-refractivity contribution < 1.29 is 0 Å². The molecule has 0 saturated carbocycles. The van der Waals surface area contributed by atoms with Crippen LogP contribution < -0.4 is 0 Å². The van der Waals surface area contributed by atoms with E-state index in [2.05, 4.69) is 54.2 Å². The zero-order valence-corrected chi connectivity index (χ0v) is 18.4. The molecule has 28 heavy (non-hydrogen) atoms. The summed E-state index contributed by atoms with van der Waals surface area (Å²) in [6, 6.07) is 16.4. The minimum absolute atomic E-state index is 0.739. The SMILES string of the molecule is CN1CC=C(c2ccc(Cl)cc2)CC1.CN1CCC(c2ccc(Cl)cc2)CC1. The number of hydrogen-bond acceptors (Lipinski definition) is 2. The Bertz CT molecular complexity index is 760. The number of hydrogen-bond donors (Lipinski definition) is 0. The normalized spacial score (nSPS) is 18.9. The van der Waals surface area contributed by atoms with Crippen molar-refractivity contribution in [3.63, 3.8) is 0 Å². The molecule has 0 amide bonds. The van der Waals surface area contributed by atoms with Crippen LogP contribution in [0.2, 0.25) is 10.0 Å². The van der Waals surface area contributed by atoms with Gasteiger partial charge in [-0.3, -0.25) is 0 Å². The van der Waals surface area contributed by atoms with Crippen molar-refractivity contribution in [2.75, 3.05) is 40.3 Å². The average molecular weight is 417 g/mol. The molecule has 4 heteroatoms. The molecule has 0 spiro atoms. The van der Waals surface area contributed by atoms with Gasteiger partial charge >= 0.3 is 0 Å². The van der Waals surface area contributed by atoms with Crippen molar-refractivity contribution in [1.29, 1.82) is 0 Å². The Kier molecular flexibility index (Phi) is 7.99. The first-order chi connectivity index (χ1) is 13.5. The molecule has 2 aliphatic rings. The predicted molar refractivity (Wildman–Crippen MR) is 122 cm³/mol. The molecule has 0 aliphatic carbocycles. The number of likely N-dealkylation sites (N-methyl/N-ethyl adjacent to an activating group) is 1. The quantitative estimate of drug-likeness (QED) is 0.573. The van der Waals surface area contributed by atoms with Gasteiger partial charge in [0.2, 0.25) is 0 Å². The van der Waals surface area contributed by atoms with Crippen LogP contribution in [0.5, 0.6) is 0 Å². The fourth-order valence-electron chi connectivity index (χ4n) is 3.77. The lowest BCUT2D eigenvalue weighted by molar-refractivity contribution is 0.255. The van der Waals surface area contributed by atoms with Gasteiger partial charge in [-0.15, -0.1) is 0 Å². The Balaban J connectivity index is 0.000000161. The molecule has 0 N–H and O–H groups in total. The van der Waals surface area contributed by atoms with Crippen LogP contribution in [0.4, 0.5) is 0 Å². The highest BCUT2D eigenvalue weighted by atomic mass is 35.5. The zero-order valence-electron chi connectivity index (χ0n) is 16.9. The van der Waals surface area contributed by atoms with Gasteiger partial charge in [0.15, 0.2) is 0 Å². The first-order valence-electron chi connectivity index (χ1n) is 10.1. The van der Waals surface area contributed by atoms with E-state index in [1.807, 2.05) is 24.3 Å². The Labute approximate surface area is 179 Å². The Morgan fingerprint density at radius 2 is 1.32 bits per heavy atom. The number of rotatable bonds is 2. The summed E-state index contributed by atoms with van der Waals surface area (Å²) in [4.78, 5) is 4.71. The molecule has 2 aromatic rings. The summed E-state index contributed by atoms with van der Waals surface area (Å²) in [6.45, 7) is 4.63. The molecule has 2 nitrogen and oxygen atoms in total. The third-order valence-electron chi connectivity index (χ3n) is 5.69. The van der Waals surface area contributed by atoms with Gasteiger partial charge in [-0.05, 0) is 93.3 Å². The summed E-state index contributed by atoms with van der Waals surface area (Å²) in [6.07, 6.45) is 5.99.